The first-order valence-corrected chi connectivity index (χ1v) is 5.90. The fourth-order valence-corrected chi connectivity index (χ4v) is 2.26. The van der Waals surface area contributed by atoms with Gasteiger partial charge in [0, 0.05) is 12.4 Å². The van der Waals surface area contributed by atoms with E-state index in [9.17, 15) is 8.42 Å². The van der Waals surface area contributed by atoms with Crippen LogP contribution < -0.4 is 0 Å². The number of sulfone groups is 1. The molecule has 0 amide bonds. The Morgan fingerprint density at radius 2 is 1.56 bits per heavy atom. The fraction of sp³-hybridized carbons (Fsp3) is 0. The van der Waals surface area contributed by atoms with E-state index < -0.39 is 9.84 Å². The minimum absolute atomic E-state index is 0.00734. The largest absolute Gasteiger partial charge is 0.508 e. The molecule has 0 unspecified atom stereocenters. The van der Waals surface area contributed by atoms with E-state index in [2.05, 4.69) is 9.97 Å². The number of rotatable bonds is 2. The van der Waals surface area contributed by atoms with E-state index >= 15 is 0 Å². The SMILES string of the molecule is O=S(=O)(c1ccc(O)cc1)c1ncccn1. The van der Waals surface area contributed by atoms with Gasteiger partial charge in [-0.3, -0.25) is 0 Å². The van der Waals surface area contributed by atoms with Crippen LogP contribution in [0.2, 0.25) is 0 Å². The van der Waals surface area contributed by atoms with E-state index in [0.717, 1.165) is 0 Å². The third-order valence-electron chi connectivity index (χ3n) is 1.93. The maximum absolute atomic E-state index is 11.9. The standard InChI is InChI=1S/C10H8N2O3S/c13-8-2-4-9(5-3-8)16(14,15)10-11-6-1-7-12-10/h1-7,13H. The van der Waals surface area contributed by atoms with Crippen molar-refractivity contribution in [2.45, 2.75) is 10.1 Å². The third kappa shape index (κ3) is 1.87. The summed E-state index contributed by atoms with van der Waals surface area (Å²) in [4.78, 5) is 7.43. The number of hydrogen-bond donors (Lipinski definition) is 1. The smallest absolute Gasteiger partial charge is 0.251 e. The first-order chi connectivity index (χ1) is 7.60. The van der Waals surface area contributed by atoms with E-state index in [-0.39, 0.29) is 15.8 Å². The van der Waals surface area contributed by atoms with E-state index in [1.54, 1.807) is 0 Å². The molecule has 0 fully saturated rings. The second kappa shape index (κ2) is 3.90. The Kier molecular flexibility index (Phi) is 2.57. The van der Waals surface area contributed by atoms with Crippen molar-refractivity contribution in [1.82, 2.24) is 9.97 Å². The minimum atomic E-state index is -3.69. The molecule has 16 heavy (non-hydrogen) atoms. The summed E-state index contributed by atoms with van der Waals surface area (Å²) in [6.45, 7) is 0. The summed E-state index contributed by atoms with van der Waals surface area (Å²) in [6, 6.07) is 6.75. The van der Waals surface area contributed by atoms with Crippen LogP contribution in [0.3, 0.4) is 0 Å². The zero-order valence-corrected chi connectivity index (χ0v) is 8.92. The second-order valence-electron chi connectivity index (χ2n) is 3.03. The molecule has 0 aliphatic heterocycles. The molecule has 2 aromatic rings. The molecule has 0 saturated carbocycles. The summed E-state index contributed by atoms with van der Waals surface area (Å²) < 4.78 is 23.9. The Labute approximate surface area is 92.3 Å². The lowest BCUT2D eigenvalue weighted by Gasteiger charge is -2.01. The monoisotopic (exact) mass is 236 g/mol. The van der Waals surface area contributed by atoms with Crippen LogP contribution in [-0.2, 0) is 9.84 Å². The van der Waals surface area contributed by atoms with Crippen LogP contribution in [-0.4, -0.2) is 23.5 Å². The van der Waals surface area contributed by atoms with E-state index in [1.165, 1.54) is 42.7 Å². The molecule has 82 valence electrons. The number of nitrogens with zero attached hydrogens (tertiary/aromatic N) is 2. The van der Waals surface area contributed by atoms with Crippen LogP contribution in [0.5, 0.6) is 5.75 Å². The normalized spacial score (nSPS) is 11.2. The predicted molar refractivity (Wildman–Crippen MR) is 55.6 cm³/mol. The van der Waals surface area contributed by atoms with Crippen molar-refractivity contribution in [3.8, 4) is 5.75 Å². The molecule has 0 radical (unpaired) electrons. The molecule has 0 saturated heterocycles. The van der Waals surface area contributed by atoms with Crippen molar-refractivity contribution >= 4 is 9.84 Å². The zero-order valence-electron chi connectivity index (χ0n) is 8.11. The van der Waals surface area contributed by atoms with Crippen LogP contribution in [0.1, 0.15) is 0 Å². The van der Waals surface area contributed by atoms with Gasteiger partial charge in [-0.25, -0.2) is 18.4 Å². The lowest BCUT2D eigenvalue weighted by Crippen LogP contribution is -2.06. The van der Waals surface area contributed by atoms with Crippen molar-refractivity contribution in [1.29, 1.82) is 0 Å². The Morgan fingerprint density at radius 3 is 2.12 bits per heavy atom. The van der Waals surface area contributed by atoms with Gasteiger partial charge >= 0.3 is 0 Å². The molecule has 1 aromatic heterocycles. The van der Waals surface area contributed by atoms with E-state index in [0.29, 0.717) is 0 Å². The van der Waals surface area contributed by atoms with Crippen LogP contribution >= 0.6 is 0 Å². The van der Waals surface area contributed by atoms with Gasteiger partial charge in [0.2, 0.25) is 9.84 Å². The van der Waals surface area contributed by atoms with Crippen LogP contribution in [0.15, 0.2) is 52.8 Å². The van der Waals surface area contributed by atoms with Crippen molar-refractivity contribution in [2.24, 2.45) is 0 Å². The Bertz CT molecular complexity index is 579. The molecule has 1 heterocycles. The Morgan fingerprint density at radius 1 is 1.00 bits per heavy atom. The summed E-state index contributed by atoms with van der Waals surface area (Å²) >= 11 is 0. The maximum Gasteiger partial charge on any atom is 0.251 e. The highest BCUT2D eigenvalue weighted by molar-refractivity contribution is 7.91. The highest BCUT2D eigenvalue weighted by atomic mass is 32.2. The van der Waals surface area contributed by atoms with Gasteiger partial charge < -0.3 is 5.11 Å². The first kappa shape index (κ1) is 10.6. The maximum atomic E-state index is 11.9. The topological polar surface area (TPSA) is 80.2 Å². The van der Waals surface area contributed by atoms with Gasteiger partial charge in [-0.1, -0.05) is 0 Å². The highest BCUT2D eigenvalue weighted by Crippen LogP contribution is 2.19. The average Bonchev–Trinajstić information content (AvgIpc) is 2.31. The summed E-state index contributed by atoms with van der Waals surface area (Å²) in [5.41, 5.74) is 0. The zero-order chi connectivity index (χ0) is 11.6. The number of phenolic OH excluding ortho intramolecular Hbond substituents is 1. The molecule has 1 N–H and O–H groups in total. The fourth-order valence-electron chi connectivity index (χ4n) is 1.15. The van der Waals surface area contributed by atoms with Crippen molar-refractivity contribution in [3.05, 3.63) is 42.7 Å². The van der Waals surface area contributed by atoms with E-state index in [4.69, 9.17) is 5.11 Å². The van der Waals surface area contributed by atoms with Crippen LogP contribution in [0, 0.1) is 0 Å². The molecule has 0 aliphatic rings. The molecule has 0 atom stereocenters. The number of hydrogen-bond acceptors (Lipinski definition) is 5. The molecule has 6 heteroatoms. The van der Waals surface area contributed by atoms with Gasteiger partial charge in [0.15, 0.2) is 0 Å². The summed E-state index contributed by atoms with van der Waals surface area (Å²) in [7, 11) is -3.69. The molecule has 0 aliphatic carbocycles. The molecule has 0 bridgehead atoms. The van der Waals surface area contributed by atoms with Gasteiger partial charge in [0.1, 0.15) is 5.75 Å². The lowest BCUT2D eigenvalue weighted by atomic mass is 10.3. The van der Waals surface area contributed by atoms with Gasteiger partial charge in [0.05, 0.1) is 4.90 Å². The molecule has 0 spiro atoms. The minimum Gasteiger partial charge on any atom is -0.508 e. The lowest BCUT2D eigenvalue weighted by molar-refractivity contribution is 0.474. The van der Waals surface area contributed by atoms with Gasteiger partial charge in [-0.15, -0.1) is 0 Å². The second-order valence-corrected chi connectivity index (χ2v) is 4.87. The predicted octanol–water partition coefficient (Wildman–Crippen LogP) is 1.01. The summed E-state index contributed by atoms with van der Waals surface area (Å²) in [5.74, 6) is 0.00734. The summed E-state index contributed by atoms with van der Waals surface area (Å²) in [6.07, 6.45) is 2.72. The third-order valence-corrected chi connectivity index (χ3v) is 3.51. The number of aromatic hydroxyl groups is 1. The number of benzene rings is 1. The summed E-state index contributed by atoms with van der Waals surface area (Å²) in [5, 5.41) is 8.82. The van der Waals surface area contributed by atoms with Crippen molar-refractivity contribution < 1.29 is 13.5 Å². The number of aromatic nitrogens is 2. The van der Waals surface area contributed by atoms with Crippen molar-refractivity contribution in [3.63, 3.8) is 0 Å². The Balaban J connectivity index is 2.52. The van der Waals surface area contributed by atoms with Gasteiger partial charge in [-0.2, -0.15) is 0 Å². The highest BCUT2D eigenvalue weighted by Gasteiger charge is 2.19. The van der Waals surface area contributed by atoms with Gasteiger partial charge in [0.25, 0.3) is 5.16 Å². The molecular formula is C10H8N2O3S. The number of phenols is 1. The molecule has 5 nitrogen and oxygen atoms in total. The molecule has 1 aromatic carbocycles. The van der Waals surface area contributed by atoms with E-state index in [1.807, 2.05) is 0 Å². The quantitative estimate of drug-likeness (QED) is 0.787. The first-order valence-electron chi connectivity index (χ1n) is 4.42. The van der Waals surface area contributed by atoms with Crippen LogP contribution in [0.4, 0.5) is 0 Å². The van der Waals surface area contributed by atoms with Crippen LogP contribution in [0.25, 0.3) is 0 Å². The van der Waals surface area contributed by atoms with Crippen molar-refractivity contribution in [2.75, 3.05) is 0 Å². The molecule has 2 rings (SSSR count). The average molecular weight is 236 g/mol. The van der Waals surface area contributed by atoms with Gasteiger partial charge in [-0.05, 0) is 30.3 Å². The Hall–Kier alpha value is -1.95. The molecular weight excluding hydrogens is 228 g/mol.